The first-order valence-electron chi connectivity index (χ1n) is 6.03. The number of H-pyrrole nitrogens is 2. The van der Waals surface area contributed by atoms with Crippen LogP contribution in [0, 0.1) is 10.7 Å². The summed E-state index contributed by atoms with van der Waals surface area (Å²) in [4.78, 5) is 16.8. The van der Waals surface area contributed by atoms with Gasteiger partial charge in [0.05, 0.1) is 0 Å². The van der Waals surface area contributed by atoms with E-state index in [-0.39, 0.29) is 17.9 Å². The van der Waals surface area contributed by atoms with Gasteiger partial charge in [-0.25, -0.2) is 0 Å². The molecule has 1 aromatic heterocycles. The first kappa shape index (κ1) is 14.9. The third-order valence-electron chi connectivity index (χ3n) is 2.82. The molecule has 1 aromatic rings. The number of aromatic nitrogens is 2. The van der Waals surface area contributed by atoms with E-state index in [2.05, 4.69) is 9.97 Å². The Bertz CT molecular complexity index is 445. The Morgan fingerprint density at radius 1 is 1.61 bits per heavy atom. The van der Waals surface area contributed by atoms with Gasteiger partial charge in [-0.2, -0.15) is 0 Å². The molecule has 0 aliphatic carbocycles. The maximum Gasteiger partial charge on any atom is 0.303 e. The van der Waals surface area contributed by atoms with E-state index in [1.165, 1.54) is 0 Å². The van der Waals surface area contributed by atoms with E-state index in [4.69, 9.17) is 23.1 Å². The van der Waals surface area contributed by atoms with Crippen LogP contribution < -0.4 is 5.73 Å². The highest BCUT2D eigenvalue weighted by atomic mass is 32.1. The first-order valence-corrected chi connectivity index (χ1v) is 6.44. The lowest BCUT2D eigenvalue weighted by Gasteiger charge is -2.22. The number of carboxylic acids is 1. The molecular weight excluding hydrogens is 250 g/mol. The summed E-state index contributed by atoms with van der Waals surface area (Å²) in [7, 11) is 0. The van der Waals surface area contributed by atoms with Gasteiger partial charge in [-0.1, -0.05) is 0 Å². The standard InChI is InChI=1S/C12H21N3O2S/c1-12(2,13)4-3-8(6-10(16)17)5-9-7-14-11(18)15-9/h7-8H,3-6,13H2,1-2H3,(H,16,17)(H2,14,15,18). The van der Waals surface area contributed by atoms with Crippen LogP contribution >= 0.6 is 12.2 Å². The first-order chi connectivity index (χ1) is 8.26. The van der Waals surface area contributed by atoms with E-state index in [0.29, 0.717) is 11.2 Å². The second kappa shape index (κ2) is 6.15. The van der Waals surface area contributed by atoms with E-state index in [1.54, 1.807) is 6.20 Å². The van der Waals surface area contributed by atoms with E-state index < -0.39 is 5.97 Å². The monoisotopic (exact) mass is 271 g/mol. The molecule has 0 saturated heterocycles. The van der Waals surface area contributed by atoms with Gasteiger partial charge in [0, 0.05) is 23.9 Å². The molecule has 5 nitrogen and oxygen atoms in total. The van der Waals surface area contributed by atoms with Crippen molar-refractivity contribution in [3.05, 3.63) is 16.7 Å². The third-order valence-corrected chi connectivity index (χ3v) is 3.04. The molecule has 0 aliphatic heterocycles. The number of imidazole rings is 1. The van der Waals surface area contributed by atoms with Gasteiger partial charge in [0.25, 0.3) is 0 Å². The van der Waals surface area contributed by atoms with Crippen molar-refractivity contribution in [1.29, 1.82) is 0 Å². The summed E-state index contributed by atoms with van der Waals surface area (Å²) in [6.07, 6.45) is 4.22. The van der Waals surface area contributed by atoms with Crippen molar-refractivity contribution in [3.8, 4) is 0 Å². The van der Waals surface area contributed by atoms with Crippen molar-refractivity contribution in [2.24, 2.45) is 11.7 Å². The Kier molecular flexibility index (Phi) is 5.10. The molecule has 1 unspecified atom stereocenters. The van der Waals surface area contributed by atoms with Crippen LogP contribution in [0.15, 0.2) is 6.20 Å². The van der Waals surface area contributed by atoms with Crippen LogP contribution in [-0.4, -0.2) is 26.6 Å². The minimum absolute atomic E-state index is 0.0757. The summed E-state index contributed by atoms with van der Waals surface area (Å²) in [6.45, 7) is 3.91. The van der Waals surface area contributed by atoms with Crippen molar-refractivity contribution >= 4 is 18.2 Å². The van der Waals surface area contributed by atoms with E-state index >= 15 is 0 Å². The van der Waals surface area contributed by atoms with Gasteiger partial charge in [0.1, 0.15) is 0 Å². The SMILES string of the molecule is CC(C)(N)CCC(CC(=O)O)Cc1c[nH]c(=S)[nH]1. The average molecular weight is 271 g/mol. The second-order valence-corrected chi connectivity index (χ2v) is 5.87. The third kappa shape index (κ3) is 5.97. The Morgan fingerprint density at radius 3 is 2.72 bits per heavy atom. The Balaban J connectivity index is 2.60. The zero-order valence-corrected chi connectivity index (χ0v) is 11.6. The lowest BCUT2D eigenvalue weighted by atomic mass is 9.88. The lowest BCUT2D eigenvalue weighted by Crippen LogP contribution is -2.32. The molecule has 102 valence electrons. The Morgan fingerprint density at radius 2 is 2.28 bits per heavy atom. The number of nitrogens with two attached hydrogens (primary N) is 1. The molecule has 1 heterocycles. The molecule has 0 spiro atoms. The summed E-state index contributed by atoms with van der Waals surface area (Å²) in [5.74, 6) is -0.698. The summed E-state index contributed by atoms with van der Waals surface area (Å²) < 4.78 is 0.568. The molecule has 1 atom stereocenters. The van der Waals surface area contributed by atoms with Gasteiger partial charge in [-0.3, -0.25) is 4.79 Å². The molecule has 5 N–H and O–H groups in total. The van der Waals surface area contributed by atoms with Crippen LogP contribution in [0.5, 0.6) is 0 Å². The molecule has 0 amide bonds. The van der Waals surface area contributed by atoms with E-state index in [9.17, 15) is 4.79 Å². The molecule has 0 radical (unpaired) electrons. The zero-order chi connectivity index (χ0) is 13.8. The number of hydrogen-bond acceptors (Lipinski definition) is 3. The van der Waals surface area contributed by atoms with Gasteiger partial charge in [0.15, 0.2) is 4.77 Å². The number of nitrogens with one attached hydrogen (secondary N) is 2. The summed E-state index contributed by atoms with van der Waals surface area (Å²) in [6, 6.07) is 0. The Labute approximate surface area is 112 Å². The van der Waals surface area contributed by atoms with Gasteiger partial charge < -0.3 is 20.8 Å². The van der Waals surface area contributed by atoms with Gasteiger partial charge >= 0.3 is 5.97 Å². The Hall–Kier alpha value is -1.14. The summed E-state index contributed by atoms with van der Waals surface area (Å²) in [5.41, 5.74) is 6.62. The number of aromatic amines is 2. The van der Waals surface area contributed by atoms with Crippen molar-refractivity contribution in [3.63, 3.8) is 0 Å². The molecule has 0 aromatic carbocycles. The highest BCUT2D eigenvalue weighted by Gasteiger charge is 2.19. The highest BCUT2D eigenvalue weighted by molar-refractivity contribution is 7.71. The molecule has 1 rings (SSSR count). The van der Waals surface area contributed by atoms with Crippen LogP contribution in [0.1, 0.15) is 38.8 Å². The van der Waals surface area contributed by atoms with E-state index in [1.807, 2.05) is 13.8 Å². The largest absolute Gasteiger partial charge is 0.481 e. The van der Waals surface area contributed by atoms with Crippen molar-refractivity contribution < 1.29 is 9.90 Å². The maximum atomic E-state index is 10.9. The lowest BCUT2D eigenvalue weighted by molar-refractivity contribution is -0.138. The predicted octanol–water partition coefficient (Wildman–Crippen LogP) is 2.22. The fraction of sp³-hybridized carbons (Fsp3) is 0.667. The van der Waals surface area contributed by atoms with Crippen molar-refractivity contribution in [1.82, 2.24) is 9.97 Å². The summed E-state index contributed by atoms with van der Waals surface area (Å²) >= 11 is 4.95. The normalized spacial score (nSPS) is 13.5. The van der Waals surface area contributed by atoms with Crippen LogP contribution in [0.4, 0.5) is 0 Å². The highest BCUT2D eigenvalue weighted by Crippen LogP contribution is 2.20. The quantitative estimate of drug-likeness (QED) is 0.572. The second-order valence-electron chi connectivity index (χ2n) is 5.46. The van der Waals surface area contributed by atoms with E-state index in [0.717, 1.165) is 18.5 Å². The minimum Gasteiger partial charge on any atom is -0.481 e. The van der Waals surface area contributed by atoms with Crippen LogP contribution in [0.3, 0.4) is 0 Å². The molecule has 0 fully saturated rings. The number of carboxylic acid groups (broad SMARTS) is 1. The zero-order valence-electron chi connectivity index (χ0n) is 10.8. The number of hydrogen-bond donors (Lipinski definition) is 4. The molecular formula is C12H21N3O2S. The fourth-order valence-electron chi connectivity index (χ4n) is 1.89. The fourth-order valence-corrected chi connectivity index (χ4v) is 2.08. The maximum absolute atomic E-state index is 10.9. The summed E-state index contributed by atoms with van der Waals surface area (Å²) in [5, 5.41) is 8.93. The minimum atomic E-state index is -0.774. The van der Waals surface area contributed by atoms with Crippen LogP contribution in [0.25, 0.3) is 0 Å². The van der Waals surface area contributed by atoms with Gasteiger partial charge in [0.2, 0.25) is 0 Å². The average Bonchev–Trinajstić information content (AvgIpc) is 2.58. The molecule has 0 saturated carbocycles. The topological polar surface area (TPSA) is 94.9 Å². The number of carbonyl (C=O) groups is 1. The molecule has 0 bridgehead atoms. The van der Waals surface area contributed by atoms with Crippen molar-refractivity contribution in [2.75, 3.05) is 0 Å². The predicted molar refractivity (Wildman–Crippen MR) is 72.9 cm³/mol. The molecule has 0 aliphatic rings. The molecule has 18 heavy (non-hydrogen) atoms. The number of rotatable bonds is 7. The van der Waals surface area contributed by atoms with Crippen LogP contribution in [-0.2, 0) is 11.2 Å². The smallest absolute Gasteiger partial charge is 0.303 e. The number of aliphatic carboxylic acids is 1. The van der Waals surface area contributed by atoms with Gasteiger partial charge in [-0.05, 0) is 51.2 Å². The van der Waals surface area contributed by atoms with Gasteiger partial charge in [-0.15, -0.1) is 0 Å². The molecule has 6 heteroatoms. The van der Waals surface area contributed by atoms with Crippen molar-refractivity contribution in [2.45, 2.75) is 45.1 Å². The van der Waals surface area contributed by atoms with Crippen LogP contribution in [0.2, 0.25) is 0 Å².